The van der Waals surface area contributed by atoms with Crippen LogP contribution in [0, 0.1) is 0 Å². The number of sulfonamides is 1. The van der Waals surface area contributed by atoms with Crippen LogP contribution in [0.3, 0.4) is 0 Å². The summed E-state index contributed by atoms with van der Waals surface area (Å²) in [5.41, 5.74) is 1.90. The summed E-state index contributed by atoms with van der Waals surface area (Å²) in [7, 11) is -4.01. The van der Waals surface area contributed by atoms with E-state index in [1.165, 1.54) is 16.4 Å². The Kier molecular flexibility index (Phi) is 5.40. The van der Waals surface area contributed by atoms with Gasteiger partial charge in [0.2, 0.25) is 15.9 Å². The molecule has 1 atom stereocenters. The van der Waals surface area contributed by atoms with E-state index in [1.807, 2.05) is 24.3 Å². The van der Waals surface area contributed by atoms with Gasteiger partial charge in [0.1, 0.15) is 10.9 Å². The number of hydrogen-bond acceptors (Lipinski definition) is 3. The van der Waals surface area contributed by atoms with Gasteiger partial charge in [0.15, 0.2) is 0 Å². The molecule has 0 aliphatic carbocycles. The van der Waals surface area contributed by atoms with Gasteiger partial charge in [-0.15, -0.1) is 0 Å². The molecular weight excluding hydrogens is 419 g/mol. The lowest BCUT2D eigenvalue weighted by Gasteiger charge is -2.37. The standard InChI is InChI=1S/C20H20Cl2N2O3S/c21-16-7-8-17(22)19(12-16)28(26,27)24-13-15-6-2-1-5-14(15)11-18(24)20(25)23-9-3-4-10-23/h1-2,5-8,12,18H,3-4,9-11,13H2/t18-/m0/s1. The molecule has 8 heteroatoms. The lowest BCUT2D eigenvalue weighted by Crippen LogP contribution is -2.53. The molecule has 28 heavy (non-hydrogen) atoms. The van der Waals surface area contributed by atoms with E-state index in [2.05, 4.69) is 0 Å². The van der Waals surface area contributed by atoms with Gasteiger partial charge in [-0.3, -0.25) is 4.79 Å². The Morgan fingerprint density at radius 3 is 2.39 bits per heavy atom. The molecule has 1 saturated heterocycles. The number of likely N-dealkylation sites (tertiary alicyclic amines) is 1. The molecule has 2 aliphatic rings. The van der Waals surface area contributed by atoms with Gasteiger partial charge < -0.3 is 4.90 Å². The molecule has 0 bridgehead atoms. The van der Waals surface area contributed by atoms with Crippen molar-refractivity contribution in [1.29, 1.82) is 0 Å². The van der Waals surface area contributed by atoms with Gasteiger partial charge in [-0.25, -0.2) is 8.42 Å². The monoisotopic (exact) mass is 438 g/mol. The molecule has 0 radical (unpaired) electrons. The van der Waals surface area contributed by atoms with Crippen molar-refractivity contribution in [3.63, 3.8) is 0 Å². The lowest BCUT2D eigenvalue weighted by molar-refractivity contribution is -0.134. The average molecular weight is 439 g/mol. The third-order valence-corrected chi connectivity index (χ3v) is 7.96. The van der Waals surface area contributed by atoms with E-state index < -0.39 is 16.1 Å². The summed E-state index contributed by atoms with van der Waals surface area (Å²) in [6, 6.07) is 11.2. The summed E-state index contributed by atoms with van der Waals surface area (Å²) in [5, 5.41) is 0.374. The smallest absolute Gasteiger partial charge is 0.245 e. The zero-order valence-electron chi connectivity index (χ0n) is 15.1. The molecule has 1 fully saturated rings. The molecule has 1 amide bonds. The van der Waals surface area contributed by atoms with Crippen molar-refractivity contribution in [2.24, 2.45) is 0 Å². The topological polar surface area (TPSA) is 57.7 Å². The fourth-order valence-corrected chi connectivity index (χ4v) is 6.21. The van der Waals surface area contributed by atoms with Crippen LogP contribution in [0.4, 0.5) is 0 Å². The van der Waals surface area contributed by atoms with E-state index >= 15 is 0 Å². The maximum Gasteiger partial charge on any atom is 0.245 e. The second kappa shape index (κ2) is 7.67. The number of benzene rings is 2. The van der Waals surface area contributed by atoms with Crippen LogP contribution in [-0.4, -0.2) is 42.7 Å². The van der Waals surface area contributed by atoms with Crippen LogP contribution in [0.25, 0.3) is 0 Å². The Labute approximate surface area is 174 Å². The molecule has 148 valence electrons. The number of halogens is 2. The number of nitrogens with zero attached hydrogens (tertiary/aromatic N) is 2. The van der Waals surface area contributed by atoms with E-state index in [0.29, 0.717) is 19.5 Å². The van der Waals surface area contributed by atoms with E-state index in [0.717, 1.165) is 24.0 Å². The molecular formula is C20H20Cl2N2O3S. The summed E-state index contributed by atoms with van der Waals surface area (Å²) in [6.45, 7) is 1.47. The zero-order valence-corrected chi connectivity index (χ0v) is 17.5. The molecule has 0 N–H and O–H groups in total. The third kappa shape index (κ3) is 3.54. The van der Waals surface area contributed by atoms with Crippen LogP contribution in [-0.2, 0) is 27.8 Å². The van der Waals surface area contributed by atoms with E-state index in [-0.39, 0.29) is 27.4 Å². The number of fused-ring (bicyclic) bond motifs is 1. The van der Waals surface area contributed by atoms with E-state index in [1.54, 1.807) is 11.0 Å². The highest BCUT2D eigenvalue weighted by Gasteiger charge is 2.42. The number of amides is 1. The zero-order chi connectivity index (χ0) is 19.9. The summed E-state index contributed by atoms with van der Waals surface area (Å²) in [4.78, 5) is 14.9. The van der Waals surface area contributed by atoms with Crippen molar-refractivity contribution >= 4 is 39.1 Å². The molecule has 4 rings (SSSR count). The van der Waals surface area contributed by atoms with Crippen molar-refractivity contribution in [3.8, 4) is 0 Å². The fraction of sp³-hybridized carbons (Fsp3) is 0.350. The lowest BCUT2D eigenvalue weighted by atomic mass is 9.95. The molecule has 2 aromatic carbocycles. The second-order valence-electron chi connectivity index (χ2n) is 7.15. The number of carbonyl (C=O) groups is 1. The largest absolute Gasteiger partial charge is 0.341 e. The summed E-state index contributed by atoms with van der Waals surface area (Å²) in [6.07, 6.45) is 2.24. The Balaban J connectivity index is 1.79. The Hall–Kier alpha value is -1.60. The molecule has 2 aliphatic heterocycles. The van der Waals surface area contributed by atoms with Crippen molar-refractivity contribution in [1.82, 2.24) is 9.21 Å². The van der Waals surface area contributed by atoms with Crippen LogP contribution in [0.15, 0.2) is 47.4 Å². The quantitative estimate of drug-likeness (QED) is 0.733. The first-order valence-electron chi connectivity index (χ1n) is 9.20. The summed E-state index contributed by atoms with van der Waals surface area (Å²) >= 11 is 12.2. The Morgan fingerprint density at radius 2 is 1.68 bits per heavy atom. The minimum Gasteiger partial charge on any atom is -0.341 e. The van der Waals surface area contributed by atoms with Crippen molar-refractivity contribution in [2.45, 2.75) is 36.7 Å². The predicted molar refractivity (Wildman–Crippen MR) is 109 cm³/mol. The summed E-state index contributed by atoms with van der Waals surface area (Å²) in [5.74, 6) is -0.145. The first-order chi connectivity index (χ1) is 13.4. The highest BCUT2D eigenvalue weighted by Crippen LogP contribution is 2.34. The highest BCUT2D eigenvalue weighted by molar-refractivity contribution is 7.89. The molecule has 0 aromatic heterocycles. The van der Waals surface area contributed by atoms with Gasteiger partial charge >= 0.3 is 0 Å². The van der Waals surface area contributed by atoms with Crippen molar-refractivity contribution < 1.29 is 13.2 Å². The van der Waals surface area contributed by atoms with Crippen LogP contribution in [0.2, 0.25) is 10.0 Å². The van der Waals surface area contributed by atoms with Crippen molar-refractivity contribution in [2.75, 3.05) is 13.1 Å². The van der Waals surface area contributed by atoms with Crippen LogP contribution in [0.1, 0.15) is 24.0 Å². The minimum absolute atomic E-state index is 0.0692. The van der Waals surface area contributed by atoms with Gasteiger partial charge in [-0.2, -0.15) is 4.31 Å². The van der Waals surface area contributed by atoms with Gasteiger partial charge in [0, 0.05) is 24.7 Å². The predicted octanol–water partition coefficient (Wildman–Crippen LogP) is 3.73. The third-order valence-electron chi connectivity index (χ3n) is 5.39. The SMILES string of the molecule is O=C([C@@H]1Cc2ccccc2CN1S(=O)(=O)c1cc(Cl)ccc1Cl)N1CCCC1. The molecule has 5 nitrogen and oxygen atoms in total. The van der Waals surface area contributed by atoms with Crippen LogP contribution in [0.5, 0.6) is 0 Å². The van der Waals surface area contributed by atoms with Gasteiger partial charge in [0.25, 0.3) is 0 Å². The van der Waals surface area contributed by atoms with Gasteiger partial charge in [-0.05, 0) is 48.6 Å². The fourth-order valence-electron chi connectivity index (χ4n) is 3.91. The first-order valence-corrected chi connectivity index (χ1v) is 11.4. The Bertz CT molecular complexity index is 1020. The average Bonchev–Trinajstić information content (AvgIpc) is 3.23. The van der Waals surface area contributed by atoms with E-state index in [4.69, 9.17) is 23.2 Å². The normalized spacial score (nSPS) is 20.2. The molecule has 2 heterocycles. The summed E-state index contributed by atoms with van der Waals surface area (Å²) < 4.78 is 28.3. The minimum atomic E-state index is -4.01. The Morgan fingerprint density at radius 1 is 1.00 bits per heavy atom. The molecule has 2 aromatic rings. The van der Waals surface area contributed by atoms with Gasteiger partial charge in [-0.1, -0.05) is 47.5 Å². The maximum atomic E-state index is 13.5. The van der Waals surface area contributed by atoms with E-state index in [9.17, 15) is 13.2 Å². The second-order valence-corrected chi connectivity index (χ2v) is 9.85. The molecule has 0 unspecified atom stereocenters. The van der Waals surface area contributed by atoms with Crippen LogP contribution >= 0.6 is 23.2 Å². The first kappa shape index (κ1) is 19.7. The number of carbonyl (C=O) groups excluding carboxylic acids is 1. The molecule has 0 spiro atoms. The highest BCUT2D eigenvalue weighted by atomic mass is 35.5. The number of hydrogen-bond donors (Lipinski definition) is 0. The van der Waals surface area contributed by atoms with Crippen LogP contribution < -0.4 is 0 Å². The molecule has 0 saturated carbocycles. The number of rotatable bonds is 3. The van der Waals surface area contributed by atoms with Crippen molar-refractivity contribution in [3.05, 3.63) is 63.6 Å². The van der Waals surface area contributed by atoms with Gasteiger partial charge in [0.05, 0.1) is 5.02 Å². The maximum absolute atomic E-state index is 13.5.